The second kappa shape index (κ2) is 4.80. The van der Waals surface area contributed by atoms with Gasteiger partial charge in [0.25, 0.3) is 0 Å². The fraction of sp³-hybridized carbons (Fsp3) is 0.357. The molecule has 1 aromatic carbocycles. The molecule has 0 spiro atoms. The second-order valence-electron chi connectivity index (χ2n) is 4.68. The molecular formula is C14H16FNO2. The van der Waals surface area contributed by atoms with Crippen LogP contribution in [0.2, 0.25) is 0 Å². The minimum Gasteiger partial charge on any atom is -0.489 e. The third kappa shape index (κ3) is 2.53. The zero-order valence-corrected chi connectivity index (χ0v) is 10.7. The number of benzene rings is 1. The zero-order valence-electron chi connectivity index (χ0n) is 10.7. The molecule has 0 aliphatic carbocycles. The van der Waals surface area contributed by atoms with Crippen LogP contribution in [0.4, 0.5) is 4.39 Å². The molecule has 4 heteroatoms. The molecule has 1 heterocycles. The van der Waals surface area contributed by atoms with Gasteiger partial charge in [0.2, 0.25) is 5.91 Å². The Labute approximate surface area is 106 Å². The molecule has 0 aromatic heterocycles. The minimum atomic E-state index is -0.302. The van der Waals surface area contributed by atoms with E-state index in [2.05, 4.69) is 0 Å². The molecule has 1 unspecified atom stereocenters. The Morgan fingerprint density at radius 2 is 2.22 bits per heavy atom. The van der Waals surface area contributed by atoms with Crippen LogP contribution in [0.25, 0.3) is 6.08 Å². The van der Waals surface area contributed by atoms with Crippen molar-refractivity contribution in [2.45, 2.75) is 19.4 Å². The summed E-state index contributed by atoms with van der Waals surface area (Å²) in [5.41, 5.74) is 1.48. The Hall–Kier alpha value is -1.84. The van der Waals surface area contributed by atoms with Gasteiger partial charge in [-0.25, -0.2) is 4.39 Å². The van der Waals surface area contributed by atoms with Crippen LogP contribution in [0.5, 0.6) is 5.75 Å². The molecular weight excluding hydrogens is 233 g/mol. The zero-order chi connectivity index (χ0) is 13.3. The van der Waals surface area contributed by atoms with Crippen LogP contribution in [0, 0.1) is 5.82 Å². The summed E-state index contributed by atoms with van der Waals surface area (Å²) in [6.07, 6.45) is 3.78. The lowest BCUT2D eigenvalue weighted by Crippen LogP contribution is -2.18. The van der Waals surface area contributed by atoms with E-state index in [0.717, 1.165) is 5.56 Å². The van der Waals surface area contributed by atoms with Crippen LogP contribution >= 0.6 is 0 Å². The summed E-state index contributed by atoms with van der Waals surface area (Å²) in [7, 11) is 3.34. The number of nitrogens with zero attached hydrogens (tertiary/aromatic N) is 1. The molecule has 1 aliphatic rings. The van der Waals surface area contributed by atoms with Gasteiger partial charge in [0.1, 0.15) is 17.7 Å². The van der Waals surface area contributed by atoms with E-state index < -0.39 is 0 Å². The van der Waals surface area contributed by atoms with E-state index in [0.29, 0.717) is 17.7 Å². The van der Waals surface area contributed by atoms with E-state index in [1.54, 1.807) is 20.2 Å². The summed E-state index contributed by atoms with van der Waals surface area (Å²) >= 11 is 0. The van der Waals surface area contributed by atoms with Gasteiger partial charge in [-0.05, 0) is 25.1 Å². The number of fused-ring (bicyclic) bond motifs is 1. The number of carbonyl (C=O) groups excluding carboxylic acids is 1. The third-order valence-corrected chi connectivity index (χ3v) is 2.83. The second-order valence-corrected chi connectivity index (χ2v) is 4.68. The maximum Gasteiger partial charge on any atom is 0.246 e. The molecule has 1 aliphatic heterocycles. The van der Waals surface area contributed by atoms with Crippen molar-refractivity contribution in [2.24, 2.45) is 0 Å². The van der Waals surface area contributed by atoms with Gasteiger partial charge >= 0.3 is 0 Å². The fourth-order valence-corrected chi connectivity index (χ4v) is 1.95. The molecule has 0 saturated carbocycles. The van der Waals surface area contributed by atoms with Crippen LogP contribution in [0.15, 0.2) is 18.2 Å². The molecule has 1 atom stereocenters. The first-order chi connectivity index (χ1) is 8.47. The molecule has 1 aromatic rings. The number of carbonyl (C=O) groups is 1. The molecule has 0 saturated heterocycles. The first kappa shape index (κ1) is 12.6. The number of halogens is 1. The SMILES string of the molecule is CC1Cc2cc(F)cc(/C=C/C(=O)N(C)C)c2O1. The highest BCUT2D eigenvalue weighted by Gasteiger charge is 2.22. The highest BCUT2D eigenvalue weighted by Crippen LogP contribution is 2.34. The average Bonchev–Trinajstić information content (AvgIpc) is 2.65. The molecule has 96 valence electrons. The molecule has 0 radical (unpaired) electrons. The predicted octanol–water partition coefficient (Wildman–Crippen LogP) is 2.25. The van der Waals surface area contributed by atoms with Gasteiger partial charge < -0.3 is 9.64 Å². The molecule has 18 heavy (non-hydrogen) atoms. The Morgan fingerprint density at radius 3 is 2.89 bits per heavy atom. The predicted molar refractivity (Wildman–Crippen MR) is 67.9 cm³/mol. The average molecular weight is 249 g/mol. The smallest absolute Gasteiger partial charge is 0.246 e. The molecule has 0 fully saturated rings. The standard InChI is InChI=1S/C14H16FNO2/c1-9-6-11-8-12(15)7-10(14(11)18-9)4-5-13(17)16(2)3/h4-5,7-9H,6H2,1-3H3/b5-4+. The summed E-state index contributed by atoms with van der Waals surface area (Å²) in [6, 6.07) is 2.88. The van der Waals surface area contributed by atoms with Gasteiger partial charge in [-0.15, -0.1) is 0 Å². The molecule has 2 rings (SSSR count). The number of ether oxygens (including phenoxy) is 1. The van der Waals surface area contributed by atoms with E-state index in [1.165, 1.54) is 23.1 Å². The van der Waals surface area contributed by atoms with Crippen molar-refractivity contribution in [3.63, 3.8) is 0 Å². The Balaban J connectivity index is 2.32. The summed E-state index contributed by atoms with van der Waals surface area (Å²) < 4.78 is 19.1. The number of hydrogen-bond acceptors (Lipinski definition) is 2. The minimum absolute atomic E-state index is 0.0542. The Bertz CT molecular complexity index is 509. The summed E-state index contributed by atoms with van der Waals surface area (Å²) in [5, 5.41) is 0. The van der Waals surface area contributed by atoms with Crippen molar-refractivity contribution in [3.05, 3.63) is 35.2 Å². The first-order valence-electron chi connectivity index (χ1n) is 5.86. The van der Waals surface area contributed by atoms with Crippen molar-refractivity contribution in [1.82, 2.24) is 4.90 Å². The van der Waals surface area contributed by atoms with Gasteiger partial charge in [0, 0.05) is 37.7 Å². The van der Waals surface area contributed by atoms with Crippen LogP contribution in [0.3, 0.4) is 0 Å². The van der Waals surface area contributed by atoms with Crippen LogP contribution in [0.1, 0.15) is 18.1 Å². The van der Waals surface area contributed by atoms with Gasteiger partial charge in [0.15, 0.2) is 0 Å². The number of rotatable bonds is 2. The normalized spacial score (nSPS) is 17.7. The van der Waals surface area contributed by atoms with Crippen molar-refractivity contribution in [3.8, 4) is 5.75 Å². The van der Waals surface area contributed by atoms with E-state index in [9.17, 15) is 9.18 Å². The lowest BCUT2D eigenvalue weighted by Gasteiger charge is -2.08. The van der Waals surface area contributed by atoms with E-state index in [1.807, 2.05) is 6.92 Å². The van der Waals surface area contributed by atoms with Crippen molar-refractivity contribution < 1.29 is 13.9 Å². The number of likely N-dealkylation sites (N-methyl/N-ethyl adjacent to an activating group) is 1. The maximum atomic E-state index is 13.4. The van der Waals surface area contributed by atoms with Crippen LogP contribution in [-0.2, 0) is 11.2 Å². The molecule has 3 nitrogen and oxygen atoms in total. The van der Waals surface area contributed by atoms with Crippen molar-refractivity contribution in [1.29, 1.82) is 0 Å². The first-order valence-corrected chi connectivity index (χ1v) is 5.86. The van der Waals surface area contributed by atoms with Gasteiger partial charge in [-0.1, -0.05) is 0 Å². The molecule has 0 bridgehead atoms. The highest BCUT2D eigenvalue weighted by molar-refractivity contribution is 5.91. The lowest BCUT2D eigenvalue weighted by molar-refractivity contribution is -0.123. The maximum absolute atomic E-state index is 13.4. The van der Waals surface area contributed by atoms with E-state index in [-0.39, 0.29) is 17.8 Å². The quantitative estimate of drug-likeness (QED) is 0.752. The Kier molecular flexibility index (Phi) is 3.36. The van der Waals surface area contributed by atoms with Crippen LogP contribution in [-0.4, -0.2) is 31.0 Å². The molecule has 0 N–H and O–H groups in total. The summed E-state index contributed by atoms with van der Waals surface area (Å²) in [5.74, 6) is 0.245. The third-order valence-electron chi connectivity index (χ3n) is 2.83. The van der Waals surface area contributed by atoms with Crippen molar-refractivity contribution in [2.75, 3.05) is 14.1 Å². The largest absolute Gasteiger partial charge is 0.489 e. The number of hydrogen-bond donors (Lipinski definition) is 0. The highest BCUT2D eigenvalue weighted by atomic mass is 19.1. The fourth-order valence-electron chi connectivity index (χ4n) is 1.95. The lowest BCUT2D eigenvalue weighted by atomic mass is 10.1. The summed E-state index contributed by atoms with van der Waals surface area (Å²) in [4.78, 5) is 12.9. The summed E-state index contributed by atoms with van der Waals surface area (Å²) in [6.45, 7) is 1.94. The van der Waals surface area contributed by atoms with E-state index in [4.69, 9.17) is 4.74 Å². The topological polar surface area (TPSA) is 29.5 Å². The van der Waals surface area contributed by atoms with Crippen molar-refractivity contribution >= 4 is 12.0 Å². The van der Waals surface area contributed by atoms with Gasteiger partial charge in [0.05, 0.1) is 0 Å². The monoisotopic (exact) mass is 249 g/mol. The molecule has 1 amide bonds. The van der Waals surface area contributed by atoms with Crippen LogP contribution < -0.4 is 4.74 Å². The van der Waals surface area contributed by atoms with Gasteiger partial charge in [-0.2, -0.15) is 0 Å². The number of amides is 1. The van der Waals surface area contributed by atoms with E-state index >= 15 is 0 Å². The Morgan fingerprint density at radius 1 is 1.50 bits per heavy atom. The van der Waals surface area contributed by atoms with Gasteiger partial charge in [-0.3, -0.25) is 4.79 Å².